The molecule has 1 fully saturated rings. The third kappa shape index (κ3) is 1.38. The quantitative estimate of drug-likeness (QED) is 0.801. The van der Waals surface area contributed by atoms with Crippen molar-refractivity contribution in [2.75, 3.05) is 18.9 Å². The zero-order chi connectivity index (χ0) is 11.1. The van der Waals surface area contributed by atoms with E-state index in [4.69, 9.17) is 10.5 Å². The van der Waals surface area contributed by atoms with E-state index in [0.717, 1.165) is 23.9 Å². The Labute approximate surface area is 92.6 Å². The van der Waals surface area contributed by atoms with E-state index >= 15 is 0 Å². The van der Waals surface area contributed by atoms with Crippen LogP contribution in [0.4, 0.5) is 10.1 Å². The van der Waals surface area contributed by atoms with Gasteiger partial charge in [-0.15, -0.1) is 0 Å². The van der Waals surface area contributed by atoms with Crippen LogP contribution < -0.4 is 5.73 Å². The van der Waals surface area contributed by atoms with Gasteiger partial charge in [0.25, 0.3) is 0 Å². The molecule has 2 N–H and O–H groups in total. The monoisotopic (exact) mass is 220 g/mol. The van der Waals surface area contributed by atoms with E-state index < -0.39 is 0 Å². The molecule has 0 spiro atoms. The molecule has 1 saturated heterocycles. The smallest absolute Gasteiger partial charge is 0.124 e. The van der Waals surface area contributed by atoms with Gasteiger partial charge in [-0.2, -0.15) is 0 Å². The Hall–Kier alpha value is -1.55. The standard InChI is InChI=1S/C12H13FN2O/c13-8-1-2-12-10(5-8)11(14)6-15(12)9-3-4-16-7-9/h1-2,5-6,9H,3-4,7,14H2/t9-/m1/s1. The van der Waals surface area contributed by atoms with E-state index in [9.17, 15) is 4.39 Å². The number of nitrogen functional groups attached to an aromatic ring is 1. The second-order valence-electron chi connectivity index (χ2n) is 4.17. The van der Waals surface area contributed by atoms with Crippen LogP contribution in [0, 0.1) is 5.82 Å². The van der Waals surface area contributed by atoms with Crippen LogP contribution in [0.3, 0.4) is 0 Å². The van der Waals surface area contributed by atoms with Crippen molar-refractivity contribution < 1.29 is 9.13 Å². The molecule has 0 radical (unpaired) electrons. The fourth-order valence-corrected chi connectivity index (χ4v) is 2.30. The molecule has 1 aliphatic rings. The zero-order valence-corrected chi connectivity index (χ0v) is 8.82. The number of fused-ring (bicyclic) bond motifs is 1. The number of nitrogens with zero attached hydrogens (tertiary/aromatic N) is 1. The van der Waals surface area contributed by atoms with Gasteiger partial charge in [-0.05, 0) is 24.6 Å². The van der Waals surface area contributed by atoms with Gasteiger partial charge < -0.3 is 15.0 Å². The van der Waals surface area contributed by atoms with Crippen molar-refractivity contribution in [3.05, 3.63) is 30.2 Å². The van der Waals surface area contributed by atoms with E-state index in [0.29, 0.717) is 18.3 Å². The molecule has 2 heterocycles. The maximum Gasteiger partial charge on any atom is 0.124 e. The fourth-order valence-electron chi connectivity index (χ4n) is 2.30. The minimum atomic E-state index is -0.250. The van der Waals surface area contributed by atoms with Crippen molar-refractivity contribution in [2.45, 2.75) is 12.5 Å². The lowest BCUT2D eigenvalue weighted by Gasteiger charge is -2.11. The summed E-state index contributed by atoms with van der Waals surface area (Å²) >= 11 is 0. The minimum absolute atomic E-state index is 0.250. The fraction of sp³-hybridized carbons (Fsp3) is 0.333. The maximum absolute atomic E-state index is 13.1. The van der Waals surface area contributed by atoms with Crippen LogP contribution >= 0.6 is 0 Å². The first-order chi connectivity index (χ1) is 7.75. The topological polar surface area (TPSA) is 40.2 Å². The van der Waals surface area contributed by atoms with Crippen molar-refractivity contribution in [3.63, 3.8) is 0 Å². The molecule has 84 valence electrons. The molecular formula is C12H13FN2O. The summed E-state index contributed by atoms with van der Waals surface area (Å²) in [5, 5.41) is 0.784. The molecule has 16 heavy (non-hydrogen) atoms. The molecule has 4 heteroatoms. The molecule has 0 bridgehead atoms. The van der Waals surface area contributed by atoms with Gasteiger partial charge in [0.15, 0.2) is 0 Å². The Bertz CT molecular complexity index is 529. The normalized spacial score (nSPS) is 20.7. The summed E-state index contributed by atoms with van der Waals surface area (Å²) in [6.45, 7) is 1.49. The predicted octanol–water partition coefficient (Wildman–Crippen LogP) is 2.32. The molecule has 3 rings (SSSR count). The average Bonchev–Trinajstić information content (AvgIpc) is 2.87. The van der Waals surface area contributed by atoms with E-state index in [-0.39, 0.29) is 5.82 Å². The highest BCUT2D eigenvalue weighted by Gasteiger charge is 2.20. The number of nitrogens with two attached hydrogens (primary N) is 1. The average molecular weight is 220 g/mol. The number of anilines is 1. The zero-order valence-electron chi connectivity index (χ0n) is 8.82. The first kappa shape index (κ1) is 9.66. The number of hydrogen-bond acceptors (Lipinski definition) is 2. The lowest BCUT2D eigenvalue weighted by molar-refractivity contribution is 0.187. The molecule has 0 aliphatic carbocycles. The van der Waals surface area contributed by atoms with Gasteiger partial charge in [0, 0.05) is 18.2 Å². The Morgan fingerprint density at radius 3 is 3.06 bits per heavy atom. The van der Waals surface area contributed by atoms with Crippen molar-refractivity contribution in [1.82, 2.24) is 4.57 Å². The molecule has 0 amide bonds. The highest BCUT2D eigenvalue weighted by Crippen LogP contribution is 2.30. The summed E-state index contributed by atoms with van der Waals surface area (Å²) in [5.74, 6) is -0.250. The largest absolute Gasteiger partial charge is 0.397 e. The Morgan fingerprint density at radius 2 is 2.31 bits per heavy atom. The second kappa shape index (κ2) is 3.49. The summed E-state index contributed by atoms with van der Waals surface area (Å²) < 4.78 is 20.6. The van der Waals surface area contributed by atoms with Gasteiger partial charge in [-0.25, -0.2) is 4.39 Å². The first-order valence-corrected chi connectivity index (χ1v) is 5.39. The number of hydrogen-bond donors (Lipinski definition) is 1. The Kier molecular flexibility index (Phi) is 2.11. The van der Waals surface area contributed by atoms with Crippen LogP contribution in [0.2, 0.25) is 0 Å². The van der Waals surface area contributed by atoms with Gasteiger partial charge in [0.2, 0.25) is 0 Å². The van der Waals surface area contributed by atoms with Crippen molar-refractivity contribution in [3.8, 4) is 0 Å². The number of rotatable bonds is 1. The molecule has 0 unspecified atom stereocenters. The van der Waals surface area contributed by atoms with Gasteiger partial charge in [-0.1, -0.05) is 0 Å². The second-order valence-corrected chi connectivity index (χ2v) is 4.17. The first-order valence-electron chi connectivity index (χ1n) is 5.39. The summed E-state index contributed by atoms with van der Waals surface area (Å²) in [6.07, 6.45) is 2.87. The Balaban J connectivity index is 2.18. The van der Waals surface area contributed by atoms with Crippen molar-refractivity contribution in [1.29, 1.82) is 0 Å². The number of halogens is 1. The SMILES string of the molecule is Nc1cn([C@@H]2CCOC2)c2ccc(F)cc12. The molecule has 1 aliphatic heterocycles. The number of benzene rings is 1. The lowest BCUT2D eigenvalue weighted by Crippen LogP contribution is -2.06. The molecule has 1 aromatic heterocycles. The maximum atomic E-state index is 13.1. The van der Waals surface area contributed by atoms with Gasteiger partial charge in [0.05, 0.1) is 23.9 Å². The van der Waals surface area contributed by atoms with Gasteiger partial charge >= 0.3 is 0 Å². The van der Waals surface area contributed by atoms with Crippen LogP contribution in [-0.2, 0) is 4.74 Å². The minimum Gasteiger partial charge on any atom is -0.397 e. The molecule has 0 saturated carbocycles. The van der Waals surface area contributed by atoms with Crippen LogP contribution in [0.5, 0.6) is 0 Å². The van der Waals surface area contributed by atoms with Crippen LogP contribution in [0.25, 0.3) is 10.9 Å². The molecule has 1 atom stereocenters. The number of aromatic nitrogens is 1. The van der Waals surface area contributed by atoms with E-state index in [1.807, 2.05) is 6.20 Å². The highest BCUT2D eigenvalue weighted by molar-refractivity contribution is 5.92. The summed E-state index contributed by atoms with van der Waals surface area (Å²) in [4.78, 5) is 0. The summed E-state index contributed by atoms with van der Waals surface area (Å²) in [5.41, 5.74) is 7.49. The molecule has 2 aromatic rings. The van der Waals surface area contributed by atoms with Crippen molar-refractivity contribution >= 4 is 16.6 Å². The van der Waals surface area contributed by atoms with Crippen LogP contribution in [0.1, 0.15) is 12.5 Å². The number of ether oxygens (including phenoxy) is 1. The predicted molar refractivity (Wildman–Crippen MR) is 60.8 cm³/mol. The van der Waals surface area contributed by atoms with Crippen LogP contribution in [0.15, 0.2) is 24.4 Å². The summed E-state index contributed by atoms with van der Waals surface area (Å²) in [6, 6.07) is 5.05. The van der Waals surface area contributed by atoms with E-state index in [1.54, 1.807) is 6.07 Å². The summed E-state index contributed by atoms with van der Waals surface area (Å²) in [7, 11) is 0. The highest BCUT2D eigenvalue weighted by atomic mass is 19.1. The molecule has 3 nitrogen and oxygen atoms in total. The van der Waals surface area contributed by atoms with Crippen LogP contribution in [-0.4, -0.2) is 17.8 Å². The third-order valence-corrected chi connectivity index (χ3v) is 3.12. The molecule has 1 aromatic carbocycles. The Morgan fingerprint density at radius 1 is 1.44 bits per heavy atom. The third-order valence-electron chi connectivity index (χ3n) is 3.12. The lowest BCUT2D eigenvalue weighted by atomic mass is 10.2. The van der Waals surface area contributed by atoms with Gasteiger partial charge in [0.1, 0.15) is 5.82 Å². The van der Waals surface area contributed by atoms with Gasteiger partial charge in [-0.3, -0.25) is 0 Å². The van der Waals surface area contributed by atoms with E-state index in [1.165, 1.54) is 12.1 Å². The van der Waals surface area contributed by atoms with Crippen molar-refractivity contribution in [2.24, 2.45) is 0 Å². The van der Waals surface area contributed by atoms with E-state index in [2.05, 4.69) is 4.57 Å². The molecular weight excluding hydrogens is 207 g/mol.